The highest BCUT2D eigenvalue weighted by molar-refractivity contribution is 5.82. The van der Waals surface area contributed by atoms with E-state index in [1.165, 1.54) is 16.5 Å². The minimum atomic E-state index is 0.214. The Morgan fingerprint density at radius 2 is 2.06 bits per heavy atom. The fraction of sp³-hybridized carbons (Fsp3) is 0.467. The van der Waals surface area contributed by atoms with E-state index in [-0.39, 0.29) is 5.41 Å². The molecule has 2 rings (SSSR count). The van der Waals surface area contributed by atoms with Crippen molar-refractivity contribution < 1.29 is 4.42 Å². The van der Waals surface area contributed by atoms with E-state index in [1.807, 2.05) is 6.26 Å². The number of nitrogens with two attached hydrogens (primary N) is 1. The van der Waals surface area contributed by atoms with Crippen molar-refractivity contribution in [2.45, 2.75) is 39.0 Å². The zero-order chi connectivity index (χ0) is 12.5. The summed E-state index contributed by atoms with van der Waals surface area (Å²) in [6.07, 6.45) is 3.84. The number of rotatable bonds is 4. The maximum Gasteiger partial charge on any atom is 0.134 e. The van der Waals surface area contributed by atoms with Gasteiger partial charge in [-0.2, -0.15) is 0 Å². The molecule has 0 spiro atoms. The number of hydrogen-bond acceptors (Lipinski definition) is 2. The highest BCUT2D eigenvalue weighted by Crippen LogP contribution is 2.31. The van der Waals surface area contributed by atoms with Crippen molar-refractivity contribution in [3.8, 4) is 0 Å². The first-order chi connectivity index (χ1) is 8.08. The highest BCUT2D eigenvalue weighted by Gasteiger charge is 2.19. The summed E-state index contributed by atoms with van der Waals surface area (Å²) in [5.41, 5.74) is 9.38. The molecule has 1 heterocycles. The highest BCUT2D eigenvalue weighted by atomic mass is 16.3. The normalized spacial score (nSPS) is 12.2. The van der Waals surface area contributed by atoms with E-state index in [0.29, 0.717) is 6.54 Å². The monoisotopic (exact) mass is 231 g/mol. The minimum absolute atomic E-state index is 0.214. The van der Waals surface area contributed by atoms with Crippen LogP contribution < -0.4 is 5.73 Å². The molecule has 0 amide bonds. The molecule has 0 fully saturated rings. The molecule has 0 atom stereocenters. The summed E-state index contributed by atoms with van der Waals surface area (Å²) in [4.78, 5) is 0. The van der Waals surface area contributed by atoms with Crippen LogP contribution >= 0.6 is 0 Å². The van der Waals surface area contributed by atoms with Gasteiger partial charge in [-0.15, -0.1) is 0 Å². The van der Waals surface area contributed by atoms with E-state index in [1.54, 1.807) is 0 Å². The molecule has 0 aliphatic carbocycles. The molecule has 0 saturated heterocycles. The fourth-order valence-electron chi connectivity index (χ4n) is 2.06. The van der Waals surface area contributed by atoms with Gasteiger partial charge in [-0.05, 0) is 48.1 Å². The molecule has 0 radical (unpaired) electrons. The summed E-state index contributed by atoms with van der Waals surface area (Å²) in [6, 6.07) is 6.50. The molecule has 2 aromatic rings. The number of furan rings is 1. The van der Waals surface area contributed by atoms with Gasteiger partial charge in [0, 0.05) is 5.39 Å². The van der Waals surface area contributed by atoms with Gasteiger partial charge in [-0.25, -0.2) is 0 Å². The van der Waals surface area contributed by atoms with Crippen molar-refractivity contribution >= 4 is 11.0 Å². The van der Waals surface area contributed by atoms with Crippen LogP contribution in [0.2, 0.25) is 0 Å². The molecule has 0 aliphatic heterocycles. The summed E-state index contributed by atoms with van der Waals surface area (Å²) in [5.74, 6) is 0. The van der Waals surface area contributed by atoms with Crippen molar-refractivity contribution in [3.63, 3.8) is 0 Å². The van der Waals surface area contributed by atoms with Crippen LogP contribution in [0.3, 0.4) is 0 Å². The Kier molecular flexibility index (Phi) is 3.25. The second-order valence-electron chi connectivity index (χ2n) is 5.25. The lowest BCUT2D eigenvalue weighted by Gasteiger charge is -2.23. The molecular formula is C15H21NO. The maximum absolute atomic E-state index is 5.62. The lowest BCUT2D eigenvalue weighted by atomic mass is 9.82. The molecule has 0 bridgehead atoms. The lowest BCUT2D eigenvalue weighted by Crippen LogP contribution is -2.15. The van der Waals surface area contributed by atoms with Gasteiger partial charge in [0.25, 0.3) is 0 Å². The van der Waals surface area contributed by atoms with E-state index >= 15 is 0 Å². The summed E-state index contributed by atoms with van der Waals surface area (Å²) in [5, 5.41) is 1.22. The van der Waals surface area contributed by atoms with Gasteiger partial charge in [-0.1, -0.05) is 26.8 Å². The molecule has 1 aromatic carbocycles. The molecule has 0 aliphatic rings. The van der Waals surface area contributed by atoms with E-state index in [2.05, 4.69) is 39.0 Å². The standard InChI is InChI=1S/C15H21NO/c1-4-15(2,3)12-5-6-14-13(9-12)11(7-8-16)10-17-14/h5-6,9-10H,4,7-8,16H2,1-3H3. The Labute approximate surface area is 103 Å². The molecular weight excluding hydrogens is 210 g/mol. The Hall–Kier alpha value is -1.28. The van der Waals surface area contributed by atoms with Gasteiger partial charge < -0.3 is 10.2 Å². The van der Waals surface area contributed by atoms with Crippen LogP contribution in [0.4, 0.5) is 0 Å². The van der Waals surface area contributed by atoms with E-state index in [0.717, 1.165) is 18.4 Å². The molecule has 2 heteroatoms. The Morgan fingerprint density at radius 1 is 1.29 bits per heavy atom. The zero-order valence-corrected chi connectivity index (χ0v) is 10.9. The van der Waals surface area contributed by atoms with Gasteiger partial charge in [0.05, 0.1) is 6.26 Å². The second kappa shape index (κ2) is 4.53. The summed E-state index contributed by atoms with van der Waals surface area (Å²) in [6.45, 7) is 7.43. The summed E-state index contributed by atoms with van der Waals surface area (Å²) >= 11 is 0. The SMILES string of the molecule is CCC(C)(C)c1ccc2occ(CCN)c2c1. The molecule has 2 nitrogen and oxygen atoms in total. The van der Waals surface area contributed by atoms with Gasteiger partial charge in [0.2, 0.25) is 0 Å². The number of benzene rings is 1. The summed E-state index contributed by atoms with van der Waals surface area (Å²) in [7, 11) is 0. The van der Waals surface area contributed by atoms with Crippen molar-refractivity contribution in [1.29, 1.82) is 0 Å². The van der Waals surface area contributed by atoms with Crippen LogP contribution in [0.1, 0.15) is 38.3 Å². The predicted molar refractivity (Wildman–Crippen MR) is 72.3 cm³/mol. The number of fused-ring (bicyclic) bond motifs is 1. The largest absolute Gasteiger partial charge is 0.464 e. The quantitative estimate of drug-likeness (QED) is 0.872. The molecule has 17 heavy (non-hydrogen) atoms. The van der Waals surface area contributed by atoms with Crippen LogP contribution in [0, 0.1) is 0 Å². The van der Waals surface area contributed by atoms with Gasteiger partial charge in [-0.3, -0.25) is 0 Å². The fourth-order valence-corrected chi connectivity index (χ4v) is 2.06. The van der Waals surface area contributed by atoms with Gasteiger partial charge in [0.1, 0.15) is 5.58 Å². The first kappa shape index (κ1) is 12.2. The van der Waals surface area contributed by atoms with Crippen molar-refractivity contribution in [2.24, 2.45) is 5.73 Å². The topological polar surface area (TPSA) is 39.2 Å². The Morgan fingerprint density at radius 3 is 2.71 bits per heavy atom. The molecule has 0 saturated carbocycles. The smallest absolute Gasteiger partial charge is 0.134 e. The third-order valence-electron chi connectivity index (χ3n) is 3.73. The second-order valence-corrected chi connectivity index (χ2v) is 5.25. The Balaban J connectivity index is 2.51. The third kappa shape index (κ3) is 2.22. The van der Waals surface area contributed by atoms with Gasteiger partial charge in [0.15, 0.2) is 0 Å². The van der Waals surface area contributed by atoms with E-state index in [9.17, 15) is 0 Å². The van der Waals surface area contributed by atoms with E-state index < -0.39 is 0 Å². The molecule has 0 unspecified atom stereocenters. The van der Waals surface area contributed by atoms with Gasteiger partial charge >= 0.3 is 0 Å². The van der Waals surface area contributed by atoms with Crippen molar-refractivity contribution in [2.75, 3.05) is 6.54 Å². The first-order valence-corrected chi connectivity index (χ1v) is 6.29. The van der Waals surface area contributed by atoms with Crippen LogP contribution in [0.25, 0.3) is 11.0 Å². The van der Waals surface area contributed by atoms with Crippen molar-refractivity contribution in [1.82, 2.24) is 0 Å². The zero-order valence-electron chi connectivity index (χ0n) is 10.9. The third-order valence-corrected chi connectivity index (χ3v) is 3.73. The molecule has 1 aromatic heterocycles. The summed E-state index contributed by atoms with van der Waals surface area (Å²) < 4.78 is 5.55. The average molecular weight is 231 g/mol. The maximum atomic E-state index is 5.62. The van der Waals surface area contributed by atoms with Crippen LogP contribution in [0.15, 0.2) is 28.9 Å². The Bertz CT molecular complexity index is 511. The first-order valence-electron chi connectivity index (χ1n) is 6.29. The van der Waals surface area contributed by atoms with Crippen LogP contribution in [-0.2, 0) is 11.8 Å². The molecule has 92 valence electrons. The number of hydrogen-bond donors (Lipinski definition) is 1. The minimum Gasteiger partial charge on any atom is -0.464 e. The predicted octanol–water partition coefficient (Wildman–Crippen LogP) is 3.62. The van der Waals surface area contributed by atoms with Crippen LogP contribution in [-0.4, -0.2) is 6.54 Å². The van der Waals surface area contributed by atoms with Crippen LogP contribution in [0.5, 0.6) is 0 Å². The van der Waals surface area contributed by atoms with E-state index in [4.69, 9.17) is 10.2 Å². The molecule has 2 N–H and O–H groups in total. The lowest BCUT2D eigenvalue weighted by molar-refractivity contribution is 0.506. The average Bonchev–Trinajstić information content (AvgIpc) is 2.72. The van der Waals surface area contributed by atoms with Crippen molar-refractivity contribution in [3.05, 3.63) is 35.6 Å².